The zero-order valence-electron chi connectivity index (χ0n) is 56.5. The molecule has 0 aromatic heterocycles. The third kappa shape index (κ3) is 30.8. The minimum atomic E-state index is -0.693. The summed E-state index contributed by atoms with van der Waals surface area (Å²) in [7, 11) is 0. The summed E-state index contributed by atoms with van der Waals surface area (Å²) < 4.78 is 0. The molecular weight excluding hydrogens is 1320 g/mol. The van der Waals surface area contributed by atoms with Gasteiger partial charge in [-0.25, -0.2) is 0 Å². The Morgan fingerprint density at radius 1 is 0.255 bits per heavy atom. The largest absolute Gasteiger partial charge is 0.481 e. The lowest BCUT2D eigenvalue weighted by Gasteiger charge is -2.17. The number of aliphatic carboxylic acids is 3. The first kappa shape index (κ1) is 77.0. The summed E-state index contributed by atoms with van der Waals surface area (Å²) in [5.41, 5.74) is 13.2. The van der Waals surface area contributed by atoms with Gasteiger partial charge in [-0.1, -0.05) is 274 Å². The quantitative estimate of drug-likeness (QED) is 0.0317. The zero-order chi connectivity index (χ0) is 68.5. The van der Waals surface area contributed by atoms with Crippen molar-refractivity contribution < 1.29 is 29.7 Å². The molecule has 0 amide bonds. The van der Waals surface area contributed by atoms with E-state index in [-0.39, 0.29) is 12.8 Å². The number of hydrogen-bond donors (Lipinski definition) is 3. The number of benzene rings is 10. The number of thioether (sulfide) groups is 6. The number of unbranched alkanes of at least 4 members (excludes halogenated alkanes) is 3. The third-order valence-corrected chi connectivity index (χ3v) is 24.5. The van der Waals surface area contributed by atoms with Crippen LogP contribution >= 0.6 is 70.6 Å². The second-order valence-corrected chi connectivity index (χ2v) is 31.9. The van der Waals surface area contributed by atoms with Gasteiger partial charge in [0.2, 0.25) is 0 Å². The van der Waals surface area contributed by atoms with Crippen LogP contribution < -0.4 is 0 Å². The number of rotatable bonds is 41. The molecule has 3 N–H and O–H groups in total. The number of carboxylic acid groups (broad SMARTS) is 3. The normalized spacial score (nSPS) is 12.0. The van der Waals surface area contributed by atoms with Crippen LogP contribution in [0.25, 0.3) is 43.8 Å². The van der Waals surface area contributed by atoms with Gasteiger partial charge < -0.3 is 15.3 Å². The van der Waals surface area contributed by atoms with E-state index in [4.69, 9.17) is 15.3 Å². The van der Waals surface area contributed by atoms with Gasteiger partial charge in [-0.05, 0) is 152 Å². The Balaban J connectivity index is 0.000000191. The van der Waals surface area contributed by atoms with Gasteiger partial charge in [0.05, 0.1) is 0 Å². The van der Waals surface area contributed by atoms with Gasteiger partial charge in [0.25, 0.3) is 0 Å². The molecule has 512 valence electrons. The van der Waals surface area contributed by atoms with E-state index in [2.05, 4.69) is 243 Å². The van der Waals surface area contributed by atoms with E-state index < -0.39 is 17.9 Å². The summed E-state index contributed by atoms with van der Waals surface area (Å²) in [4.78, 5) is 32.5. The van der Waals surface area contributed by atoms with E-state index in [0.717, 1.165) is 122 Å². The Morgan fingerprint density at radius 3 is 0.888 bits per heavy atom. The fraction of sp³-hybridized carbons (Fsp3) is 0.314. The second-order valence-electron chi connectivity index (χ2n) is 24.7. The maximum absolute atomic E-state index is 10.9. The molecule has 6 nitrogen and oxygen atoms in total. The molecule has 12 heteroatoms. The Morgan fingerprint density at radius 2 is 0.520 bits per heavy atom. The van der Waals surface area contributed by atoms with Crippen LogP contribution in [0.4, 0.5) is 0 Å². The predicted molar refractivity (Wildman–Crippen MR) is 430 cm³/mol. The van der Waals surface area contributed by atoms with Crippen molar-refractivity contribution in [1.82, 2.24) is 0 Å². The summed E-state index contributed by atoms with van der Waals surface area (Å²) >= 11 is 12.1. The molecule has 0 saturated carbocycles. The average molecular weight is 1420 g/mol. The van der Waals surface area contributed by atoms with Crippen molar-refractivity contribution in [2.75, 3.05) is 17.3 Å². The summed E-state index contributed by atoms with van der Waals surface area (Å²) in [5.74, 6) is 7.48. The summed E-state index contributed by atoms with van der Waals surface area (Å²) in [6, 6.07) is 90.6. The molecule has 0 bridgehead atoms. The molecule has 98 heavy (non-hydrogen) atoms. The highest BCUT2D eigenvalue weighted by Crippen LogP contribution is 2.33. The van der Waals surface area contributed by atoms with Crippen LogP contribution in [0.15, 0.2) is 255 Å². The Kier molecular flexibility index (Phi) is 36.0. The van der Waals surface area contributed by atoms with Gasteiger partial charge in [0.15, 0.2) is 0 Å². The highest BCUT2D eigenvalue weighted by atomic mass is 32.2. The molecule has 0 aliphatic rings. The molecule has 0 fully saturated rings. The van der Waals surface area contributed by atoms with Crippen LogP contribution in [-0.4, -0.2) is 66.2 Å². The molecular formula is C86H96O6S6. The predicted octanol–water partition coefficient (Wildman–Crippen LogP) is 24.4. The van der Waals surface area contributed by atoms with E-state index in [1.54, 1.807) is 0 Å². The first-order chi connectivity index (χ1) is 48.1. The molecule has 10 aromatic rings. The molecule has 3 atom stereocenters. The van der Waals surface area contributed by atoms with Gasteiger partial charge in [0, 0.05) is 69.5 Å². The number of hydrogen-bond acceptors (Lipinski definition) is 9. The van der Waals surface area contributed by atoms with Crippen molar-refractivity contribution >= 4 is 110 Å². The Labute approximate surface area is 609 Å². The highest BCUT2D eigenvalue weighted by molar-refractivity contribution is 8.00. The SMILES string of the molecule is O=C(O)CCCCC(CCSCc1ccc(-c2ccccc2)cc1)SCc1ccc(-c2ccccc2)cc1.O=C(O)CCCCC(CCSCc1ccc2ccccc2c1)SCc1ccc2ccccc2c1.O=C(O)CCCCC(CCSCc1ccccc1)SCc1ccccc1. The van der Waals surface area contributed by atoms with Crippen LogP contribution in [0.5, 0.6) is 0 Å². The topological polar surface area (TPSA) is 112 Å². The molecule has 0 heterocycles. The van der Waals surface area contributed by atoms with Gasteiger partial charge in [-0.3, -0.25) is 14.4 Å². The van der Waals surface area contributed by atoms with E-state index in [1.807, 2.05) is 82.7 Å². The van der Waals surface area contributed by atoms with Crippen LogP contribution in [0, 0.1) is 0 Å². The number of fused-ring (bicyclic) bond motifs is 2. The Bertz CT molecular complexity index is 3840. The molecule has 3 unspecified atom stereocenters. The zero-order valence-corrected chi connectivity index (χ0v) is 61.4. The van der Waals surface area contributed by atoms with Crippen LogP contribution in [0.3, 0.4) is 0 Å². The number of carbonyl (C=O) groups is 3. The van der Waals surface area contributed by atoms with Crippen LogP contribution in [-0.2, 0) is 48.9 Å². The van der Waals surface area contributed by atoms with Gasteiger partial charge in [0.1, 0.15) is 0 Å². The minimum Gasteiger partial charge on any atom is -0.481 e. The standard InChI is InChI=1S/C34H36O2S2.C30H32O2S2.C22H28O2S2/c35-34(36)14-8-7-13-33(38-26-28-17-21-32(22-18-28)30-11-5-2-6-12-30)23-24-37-25-27-15-19-31(20-16-27)29-9-3-1-4-10-29;31-30(32)12-6-5-11-29(34-22-24-14-16-26-8-2-4-10-28(26)20-24)17-18-33-21-23-13-15-25-7-1-3-9-27(25)19-23;23-22(24)14-8-7-13-21(26-18-20-11-5-2-6-12-20)15-16-25-17-19-9-3-1-4-10-19/h1-6,9-12,15-22,33H,7-8,13-14,23-26H2,(H,35,36);1-4,7-10,13-16,19-20,29H,5-6,11-12,17-18,21-22H2,(H,31,32);1-6,9-12,21H,7-8,13-18H2,(H,23,24). The summed E-state index contributed by atoms with van der Waals surface area (Å²) in [6.45, 7) is 0. The lowest BCUT2D eigenvalue weighted by molar-refractivity contribution is -0.138. The number of carboxylic acids is 3. The van der Waals surface area contributed by atoms with E-state index in [9.17, 15) is 14.4 Å². The molecule has 10 aromatic carbocycles. The maximum atomic E-state index is 10.9. The maximum Gasteiger partial charge on any atom is 0.303 e. The van der Waals surface area contributed by atoms with Crippen molar-refractivity contribution in [3.63, 3.8) is 0 Å². The fourth-order valence-corrected chi connectivity index (χ4v) is 18.6. The van der Waals surface area contributed by atoms with Crippen molar-refractivity contribution in [3.8, 4) is 22.3 Å². The first-order valence-corrected chi connectivity index (χ1v) is 41.2. The molecule has 10 rings (SSSR count). The molecule has 0 spiro atoms. The Hall–Kier alpha value is -6.77. The van der Waals surface area contributed by atoms with Crippen molar-refractivity contribution in [2.24, 2.45) is 0 Å². The van der Waals surface area contributed by atoms with Gasteiger partial charge >= 0.3 is 17.9 Å². The second kappa shape index (κ2) is 45.8. The monoisotopic (exact) mass is 1420 g/mol. The smallest absolute Gasteiger partial charge is 0.303 e. The molecule has 0 saturated heterocycles. The van der Waals surface area contributed by atoms with Crippen molar-refractivity contribution in [3.05, 3.63) is 288 Å². The van der Waals surface area contributed by atoms with E-state index >= 15 is 0 Å². The van der Waals surface area contributed by atoms with Crippen molar-refractivity contribution in [2.45, 2.75) is 147 Å². The highest BCUT2D eigenvalue weighted by Gasteiger charge is 2.15. The fourth-order valence-electron chi connectivity index (χ4n) is 11.4. The van der Waals surface area contributed by atoms with Crippen molar-refractivity contribution in [1.29, 1.82) is 0 Å². The van der Waals surface area contributed by atoms with Gasteiger partial charge in [-0.2, -0.15) is 70.6 Å². The summed E-state index contributed by atoms with van der Waals surface area (Å²) in [6.07, 6.45) is 12.9. The summed E-state index contributed by atoms with van der Waals surface area (Å²) in [5, 5.41) is 33.6. The lowest BCUT2D eigenvalue weighted by atomic mass is 10.0. The first-order valence-electron chi connectivity index (χ1n) is 34.6. The minimum absolute atomic E-state index is 0.270. The van der Waals surface area contributed by atoms with Gasteiger partial charge in [-0.15, -0.1) is 0 Å². The van der Waals surface area contributed by atoms with Crippen LogP contribution in [0.1, 0.15) is 130 Å². The third-order valence-electron chi connectivity index (χ3n) is 17.0. The average Bonchev–Trinajstić information content (AvgIpc) is 0.957. The molecule has 0 aliphatic heterocycles. The van der Waals surface area contributed by atoms with E-state index in [0.29, 0.717) is 22.2 Å². The van der Waals surface area contributed by atoms with E-state index in [1.165, 1.54) is 83.6 Å². The molecule has 0 radical (unpaired) electrons. The van der Waals surface area contributed by atoms with Crippen LogP contribution in [0.2, 0.25) is 0 Å². The lowest BCUT2D eigenvalue weighted by Crippen LogP contribution is -2.06. The molecule has 0 aliphatic carbocycles.